The Balaban J connectivity index is 1.85. The number of nitrogens with zero attached hydrogens (tertiary/aromatic N) is 2. The lowest BCUT2D eigenvalue weighted by molar-refractivity contribution is 1.04. The van der Waals surface area contributed by atoms with Crippen LogP contribution in [0.3, 0.4) is 0 Å². The van der Waals surface area contributed by atoms with Crippen molar-refractivity contribution in [3.63, 3.8) is 0 Å². The lowest BCUT2D eigenvalue weighted by atomic mass is 10.00. The highest BCUT2D eigenvalue weighted by Crippen LogP contribution is 2.23. The van der Waals surface area contributed by atoms with Gasteiger partial charge in [-0.2, -0.15) is 0 Å². The van der Waals surface area contributed by atoms with Crippen molar-refractivity contribution in [3.8, 4) is 11.1 Å². The summed E-state index contributed by atoms with van der Waals surface area (Å²) in [4.78, 5) is 4.06. The quantitative estimate of drug-likeness (QED) is 0.748. The second kappa shape index (κ2) is 5.35. The molecule has 0 unspecified atom stereocenters. The summed E-state index contributed by atoms with van der Waals surface area (Å²) in [6.45, 7) is 0.697. The predicted octanol–water partition coefficient (Wildman–Crippen LogP) is 3.08. The number of benzene rings is 2. The van der Waals surface area contributed by atoms with Crippen LogP contribution in [0.2, 0.25) is 0 Å². The fraction of sp³-hybridized carbons (Fsp3) is 0.0667. The third-order valence-electron chi connectivity index (χ3n) is 2.95. The summed E-state index contributed by atoms with van der Waals surface area (Å²) in [5.74, 6) is 0.614. The van der Waals surface area contributed by atoms with Crippen LogP contribution >= 0.6 is 0 Å². The molecule has 2 aromatic carbocycles. The predicted molar refractivity (Wildman–Crippen MR) is 75.6 cm³/mol. The average Bonchev–Trinajstić information content (AvgIpc) is 3.00. The van der Waals surface area contributed by atoms with E-state index in [2.05, 4.69) is 63.0 Å². The van der Waals surface area contributed by atoms with Gasteiger partial charge in [0.1, 0.15) is 6.33 Å². The van der Waals surface area contributed by atoms with Crippen LogP contribution < -0.4 is 5.32 Å². The zero-order valence-corrected chi connectivity index (χ0v) is 10.4. The van der Waals surface area contributed by atoms with Gasteiger partial charge >= 0.3 is 0 Å². The number of aromatic nitrogens is 3. The van der Waals surface area contributed by atoms with E-state index in [0.717, 1.165) is 0 Å². The highest BCUT2D eigenvalue weighted by atomic mass is 15.3. The third-order valence-corrected chi connectivity index (χ3v) is 2.95. The first-order valence-corrected chi connectivity index (χ1v) is 6.16. The van der Waals surface area contributed by atoms with Crippen molar-refractivity contribution < 1.29 is 0 Å². The smallest absolute Gasteiger partial charge is 0.242 e. The topological polar surface area (TPSA) is 53.6 Å². The van der Waals surface area contributed by atoms with Gasteiger partial charge in [0, 0.05) is 6.54 Å². The van der Waals surface area contributed by atoms with E-state index >= 15 is 0 Å². The Morgan fingerprint density at radius 1 is 0.947 bits per heavy atom. The van der Waals surface area contributed by atoms with Crippen LogP contribution in [0.25, 0.3) is 11.1 Å². The number of anilines is 1. The first-order chi connectivity index (χ1) is 9.43. The Kier molecular flexibility index (Phi) is 3.23. The summed E-state index contributed by atoms with van der Waals surface area (Å²) in [6, 6.07) is 18.7. The molecule has 0 atom stereocenters. The summed E-state index contributed by atoms with van der Waals surface area (Å²) in [6.07, 6.45) is 1.56. The van der Waals surface area contributed by atoms with Gasteiger partial charge in [-0.3, -0.25) is 5.10 Å². The number of H-pyrrole nitrogens is 1. The Bertz CT molecular complexity index is 632. The highest BCUT2D eigenvalue weighted by molar-refractivity contribution is 5.67. The molecule has 3 rings (SSSR count). The fourth-order valence-electron chi connectivity index (χ4n) is 2.04. The van der Waals surface area contributed by atoms with Crippen molar-refractivity contribution >= 4 is 5.95 Å². The van der Waals surface area contributed by atoms with Crippen molar-refractivity contribution in [1.82, 2.24) is 15.2 Å². The molecule has 3 aromatic rings. The van der Waals surface area contributed by atoms with Crippen LogP contribution in [0.5, 0.6) is 0 Å². The number of nitrogens with one attached hydrogen (secondary N) is 2. The minimum atomic E-state index is 0.614. The first-order valence-electron chi connectivity index (χ1n) is 6.16. The monoisotopic (exact) mass is 250 g/mol. The molecule has 4 heteroatoms. The molecule has 0 spiro atoms. The standard InChI is InChI=1S/C15H14N4/c1-2-6-12(7-3-1)14-9-5-4-8-13(14)10-16-15-17-11-18-19-15/h1-9,11H,10H2,(H2,16,17,18,19). The second-order valence-corrected chi connectivity index (χ2v) is 4.20. The van der Waals surface area contributed by atoms with E-state index in [1.807, 2.05) is 12.1 Å². The molecular weight excluding hydrogens is 236 g/mol. The summed E-state index contributed by atoms with van der Waals surface area (Å²) in [5.41, 5.74) is 3.67. The zero-order chi connectivity index (χ0) is 12.9. The van der Waals surface area contributed by atoms with Crippen molar-refractivity contribution in [2.75, 3.05) is 5.32 Å². The van der Waals surface area contributed by atoms with Crippen molar-refractivity contribution in [2.45, 2.75) is 6.54 Å². The molecule has 0 radical (unpaired) electrons. The molecule has 1 aromatic heterocycles. The van der Waals surface area contributed by atoms with Gasteiger partial charge in [-0.1, -0.05) is 54.6 Å². The molecule has 0 amide bonds. The minimum absolute atomic E-state index is 0.614. The maximum absolute atomic E-state index is 4.06. The molecule has 94 valence electrons. The van der Waals surface area contributed by atoms with Gasteiger partial charge in [0.05, 0.1) is 0 Å². The summed E-state index contributed by atoms with van der Waals surface area (Å²) >= 11 is 0. The van der Waals surface area contributed by atoms with Gasteiger partial charge in [0.15, 0.2) is 0 Å². The molecular formula is C15H14N4. The Morgan fingerprint density at radius 2 is 1.74 bits per heavy atom. The lowest BCUT2D eigenvalue weighted by Gasteiger charge is -2.09. The molecule has 1 heterocycles. The Hall–Kier alpha value is -2.62. The van der Waals surface area contributed by atoms with E-state index in [4.69, 9.17) is 0 Å². The molecule has 0 aliphatic carbocycles. The molecule has 0 saturated heterocycles. The molecule has 0 saturated carbocycles. The van der Waals surface area contributed by atoms with E-state index in [9.17, 15) is 0 Å². The van der Waals surface area contributed by atoms with Gasteiger partial charge in [0.25, 0.3) is 0 Å². The molecule has 2 N–H and O–H groups in total. The summed E-state index contributed by atoms with van der Waals surface area (Å²) in [7, 11) is 0. The van der Waals surface area contributed by atoms with E-state index in [1.165, 1.54) is 16.7 Å². The van der Waals surface area contributed by atoms with E-state index in [1.54, 1.807) is 6.33 Å². The molecule has 0 aliphatic rings. The van der Waals surface area contributed by atoms with Crippen molar-refractivity contribution in [3.05, 3.63) is 66.5 Å². The Morgan fingerprint density at radius 3 is 2.53 bits per heavy atom. The van der Waals surface area contributed by atoms with E-state index < -0.39 is 0 Å². The van der Waals surface area contributed by atoms with Gasteiger partial charge < -0.3 is 5.32 Å². The molecule has 19 heavy (non-hydrogen) atoms. The minimum Gasteiger partial charge on any atom is -0.349 e. The zero-order valence-electron chi connectivity index (χ0n) is 10.4. The highest BCUT2D eigenvalue weighted by Gasteiger charge is 2.04. The molecule has 4 nitrogen and oxygen atoms in total. The average molecular weight is 250 g/mol. The SMILES string of the molecule is c1ccc(-c2ccccc2CNc2nc[nH]n2)cc1. The van der Waals surface area contributed by atoms with Gasteiger partial charge in [-0.15, -0.1) is 5.10 Å². The number of hydrogen-bond acceptors (Lipinski definition) is 3. The number of rotatable bonds is 4. The maximum Gasteiger partial charge on any atom is 0.242 e. The fourth-order valence-corrected chi connectivity index (χ4v) is 2.04. The van der Waals surface area contributed by atoms with Crippen molar-refractivity contribution in [2.24, 2.45) is 0 Å². The van der Waals surface area contributed by atoms with Crippen LogP contribution in [0.15, 0.2) is 60.9 Å². The summed E-state index contributed by atoms with van der Waals surface area (Å²) < 4.78 is 0. The third kappa shape index (κ3) is 2.63. The van der Waals surface area contributed by atoms with Crippen LogP contribution in [-0.4, -0.2) is 15.2 Å². The maximum atomic E-state index is 4.06. The summed E-state index contributed by atoms with van der Waals surface area (Å²) in [5, 5.41) is 9.87. The Labute approximate surface area is 111 Å². The second-order valence-electron chi connectivity index (χ2n) is 4.20. The van der Waals surface area contributed by atoms with Gasteiger partial charge in [-0.05, 0) is 16.7 Å². The lowest BCUT2D eigenvalue weighted by Crippen LogP contribution is -2.02. The van der Waals surface area contributed by atoms with Crippen LogP contribution in [-0.2, 0) is 6.54 Å². The van der Waals surface area contributed by atoms with E-state index in [0.29, 0.717) is 12.5 Å². The van der Waals surface area contributed by atoms with Crippen molar-refractivity contribution in [1.29, 1.82) is 0 Å². The van der Waals surface area contributed by atoms with E-state index in [-0.39, 0.29) is 0 Å². The molecule has 0 bridgehead atoms. The number of aromatic amines is 1. The van der Waals surface area contributed by atoms with Crippen LogP contribution in [0.1, 0.15) is 5.56 Å². The molecule has 0 aliphatic heterocycles. The van der Waals surface area contributed by atoms with Gasteiger partial charge in [-0.25, -0.2) is 4.98 Å². The largest absolute Gasteiger partial charge is 0.349 e. The number of hydrogen-bond donors (Lipinski definition) is 2. The van der Waals surface area contributed by atoms with Crippen LogP contribution in [0, 0.1) is 0 Å². The van der Waals surface area contributed by atoms with Crippen LogP contribution in [0.4, 0.5) is 5.95 Å². The normalized spacial score (nSPS) is 10.3. The first kappa shape index (κ1) is 11.5. The van der Waals surface area contributed by atoms with Gasteiger partial charge in [0.2, 0.25) is 5.95 Å². The molecule has 0 fully saturated rings.